The van der Waals surface area contributed by atoms with E-state index in [4.69, 9.17) is 9.47 Å². The van der Waals surface area contributed by atoms with Gasteiger partial charge in [0.05, 0.1) is 20.3 Å². The Balaban J connectivity index is 1.32. The van der Waals surface area contributed by atoms with Gasteiger partial charge in [0.2, 0.25) is 5.91 Å². The fourth-order valence-electron chi connectivity index (χ4n) is 4.75. The molecule has 0 radical (unpaired) electrons. The predicted octanol–water partition coefficient (Wildman–Crippen LogP) is 3.09. The van der Waals surface area contributed by atoms with Crippen molar-refractivity contribution in [2.75, 3.05) is 57.9 Å². The van der Waals surface area contributed by atoms with Gasteiger partial charge in [-0.25, -0.2) is 0 Å². The molecular formula is C27H35N3O4. The molecule has 0 bridgehead atoms. The lowest BCUT2D eigenvalue weighted by atomic mass is 9.84. The van der Waals surface area contributed by atoms with Gasteiger partial charge in [0.1, 0.15) is 5.75 Å². The molecule has 2 heterocycles. The van der Waals surface area contributed by atoms with Crippen LogP contribution in [0.3, 0.4) is 0 Å². The maximum atomic E-state index is 12.7. The zero-order valence-corrected chi connectivity index (χ0v) is 20.4. The van der Waals surface area contributed by atoms with Gasteiger partial charge in [-0.2, -0.15) is 0 Å². The van der Waals surface area contributed by atoms with Gasteiger partial charge in [0.25, 0.3) is 5.91 Å². The third-order valence-corrected chi connectivity index (χ3v) is 6.79. The first-order valence-corrected chi connectivity index (χ1v) is 12.0. The molecule has 2 aliphatic rings. The predicted molar refractivity (Wildman–Crippen MR) is 133 cm³/mol. The zero-order valence-electron chi connectivity index (χ0n) is 20.4. The first-order valence-electron chi connectivity index (χ1n) is 12.0. The number of carbonyl (C=O) groups excluding carboxylic acids is 2. The number of ether oxygens (including phenoxy) is 2. The Labute approximate surface area is 202 Å². The van der Waals surface area contributed by atoms with Gasteiger partial charge in [-0.05, 0) is 42.0 Å². The normalized spacial score (nSPS) is 19.3. The van der Waals surface area contributed by atoms with Crippen molar-refractivity contribution in [3.63, 3.8) is 0 Å². The van der Waals surface area contributed by atoms with Gasteiger partial charge >= 0.3 is 0 Å². The summed E-state index contributed by atoms with van der Waals surface area (Å²) in [6.45, 7) is 10.1. The minimum atomic E-state index is -0.139. The molecular weight excluding hydrogens is 430 g/mol. The second-order valence-corrected chi connectivity index (χ2v) is 9.83. The van der Waals surface area contributed by atoms with Crippen molar-refractivity contribution in [2.45, 2.75) is 25.7 Å². The maximum absolute atomic E-state index is 12.7. The summed E-state index contributed by atoms with van der Waals surface area (Å²) in [6, 6.07) is 15.4. The Bertz CT molecular complexity index is 982. The van der Waals surface area contributed by atoms with E-state index in [9.17, 15) is 9.59 Å². The number of rotatable bonds is 8. The number of nitrogens with zero attached hydrogens (tertiary/aromatic N) is 2. The summed E-state index contributed by atoms with van der Waals surface area (Å²) >= 11 is 0. The molecule has 7 nitrogen and oxygen atoms in total. The van der Waals surface area contributed by atoms with E-state index in [1.807, 2.05) is 17.0 Å². The van der Waals surface area contributed by atoms with E-state index < -0.39 is 0 Å². The molecule has 182 valence electrons. The quantitative estimate of drug-likeness (QED) is 0.649. The highest BCUT2D eigenvalue weighted by Crippen LogP contribution is 2.30. The SMILES string of the molecule is COc1ccc(C(=O)NCC2CC(=O)N(c3ccc(C(C)(C)CN4CCOCC4)cc3)C2)cc1. The molecule has 2 aromatic rings. The smallest absolute Gasteiger partial charge is 0.251 e. The van der Waals surface area contributed by atoms with Gasteiger partial charge in [-0.15, -0.1) is 0 Å². The van der Waals surface area contributed by atoms with Crippen molar-refractivity contribution in [1.82, 2.24) is 10.2 Å². The van der Waals surface area contributed by atoms with Crippen LogP contribution in [0.2, 0.25) is 0 Å². The number of nitrogens with one attached hydrogen (secondary N) is 1. The molecule has 7 heteroatoms. The largest absolute Gasteiger partial charge is 0.497 e. The summed E-state index contributed by atoms with van der Waals surface area (Å²) in [4.78, 5) is 29.4. The Morgan fingerprint density at radius 3 is 2.41 bits per heavy atom. The van der Waals surface area contributed by atoms with Crippen molar-refractivity contribution < 1.29 is 19.1 Å². The second-order valence-electron chi connectivity index (χ2n) is 9.83. The third kappa shape index (κ3) is 5.77. The lowest BCUT2D eigenvalue weighted by molar-refractivity contribution is -0.117. The van der Waals surface area contributed by atoms with Crippen LogP contribution in [0.15, 0.2) is 48.5 Å². The van der Waals surface area contributed by atoms with Crippen molar-refractivity contribution in [3.05, 3.63) is 59.7 Å². The van der Waals surface area contributed by atoms with Crippen LogP contribution in [-0.2, 0) is 14.9 Å². The van der Waals surface area contributed by atoms with Crippen molar-refractivity contribution in [1.29, 1.82) is 0 Å². The molecule has 4 rings (SSSR count). The Hall–Kier alpha value is -2.90. The van der Waals surface area contributed by atoms with E-state index in [0.717, 1.165) is 38.5 Å². The topological polar surface area (TPSA) is 71.1 Å². The first kappa shape index (κ1) is 24.2. The van der Waals surface area contributed by atoms with E-state index in [1.54, 1.807) is 31.4 Å². The van der Waals surface area contributed by atoms with Crippen molar-refractivity contribution >= 4 is 17.5 Å². The van der Waals surface area contributed by atoms with Crippen LogP contribution in [0.25, 0.3) is 0 Å². The zero-order chi connectivity index (χ0) is 24.1. The Kier molecular flexibility index (Phi) is 7.54. The number of hydrogen-bond acceptors (Lipinski definition) is 5. The van der Waals surface area contributed by atoms with E-state index in [-0.39, 0.29) is 23.1 Å². The number of morpholine rings is 1. The number of benzene rings is 2. The summed E-state index contributed by atoms with van der Waals surface area (Å²) in [5.41, 5.74) is 2.77. The minimum absolute atomic E-state index is 0.0131. The number of anilines is 1. The molecule has 2 aliphatic heterocycles. The number of hydrogen-bond donors (Lipinski definition) is 1. The molecule has 2 amide bonds. The average Bonchev–Trinajstić information content (AvgIpc) is 3.23. The molecule has 2 saturated heterocycles. The fourth-order valence-corrected chi connectivity index (χ4v) is 4.75. The van der Waals surface area contributed by atoms with E-state index in [1.165, 1.54) is 5.56 Å². The van der Waals surface area contributed by atoms with Crippen LogP contribution in [0.4, 0.5) is 5.69 Å². The van der Waals surface area contributed by atoms with Gasteiger partial charge in [-0.1, -0.05) is 26.0 Å². The van der Waals surface area contributed by atoms with Crippen LogP contribution in [0, 0.1) is 5.92 Å². The molecule has 34 heavy (non-hydrogen) atoms. The van der Waals surface area contributed by atoms with Crippen LogP contribution in [0.1, 0.15) is 36.2 Å². The maximum Gasteiger partial charge on any atom is 0.251 e. The highest BCUT2D eigenvalue weighted by molar-refractivity contribution is 5.96. The molecule has 1 atom stereocenters. The van der Waals surface area contributed by atoms with E-state index >= 15 is 0 Å². The molecule has 1 N–H and O–H groups in total. The number of carbonyl (C=O) groups is 2. The van der Waals surface area contributed by atoms with E-state index in [2.05, 4.69) is 36.2 Å². The van der Waals surface area contributed by atoms with Gasteiger partial charge in [-0.3, -0.25) is 14.5 Å². The van der Waals surface area contributed by atoms with Gasteiger partial charge in [0, 0.05) is 61.7 Å². The first-order chi connectivity index (χ1) is 16.4. The van der Waals surface area contributed by atoms with E-state index in [0.29, 0.717) is 30.8 Å². The number of methoxy groups -OCH3 is 1. The highest BCUT2D eigenvalue weighted by Gasteiger charge is 2.31. The second kappa shape index (κ2) is 10.6. The fraction of sp³-hybridized carbons (Fsp3) is 0.481. The van der Waals surface area contributed by atoms with Crippen molar-refractivity contribution in [2.24, 2.45) is 5.92 Å². The van der Waals surface area contributed by atoms with Crippen LogP contribution < -0.4 is 15.0 Å². The van der Waals surface area contributed by atoms with Crippen LogP contribution >= 0.6 is 0 Å². The standard InChI is InChI=1S/C27H35N3O4/c1-27(2,19-29-12-14-34-15-13-29)22-6-8-23(9-7-22)30-18-20(16-25(30)31)17-28-26(32)21-4-10-24(33-3)11-5-21/h4-11,20H,12-19H2,1-3H3,(H,28,32). The average molecular weight is 466 g/mol. The summed E-state index contributed by atoms with van der Waals surface area (Å²) in [6.07, 6.45) is 0.438. The molecule has 2 aromatic carbocycles. The number of amides is 2. The molecule has 1 unspecified atom stereocenters. The molecule has 2 fully saturated rings. The third-order valence-electron chi connectivity index (χ3n) is 6.79. The molecule has 0 saturated carbocycles. The summed E-state index contributed by atoms with van der Waals surface area (Å²) in [7, 11) is 1.60. The Morgan fingerprint density at radius 1 is 1.09 bits per heavy atom. The summed E-state index contributed by atoms with van der Waals surface area (Å²) < 4.78 is 10.6. The lowest BCUT2D eigenvalue weighted by Gasteiger charge is -2.35. The lowest BCUT2D eigenvalue weighted by Crippen LogP contribution is -2.43. The Morgan fingerprint density at radius 2 is 1.76 bits per heavy atom. The monoisotopic (exact) mass is 465 g/mol. The summed E-state index contributed by atoms with van der Waals surface area (Å²) in [5, 5.41) is 2.97. The van der Waals surface area contributed by atoms with Gasteiger partial charge < -0.3 is 19.7 Å². The molecule has 0 aromatic heterocycles. The van der Waals surface area contributed by atoms with Gasteiger partial charge in [0.15, 0.2) is 0 Å². The highest BCUT2D eigenvalue weighted by atomic mass is 16.5. The van der Waals surface area contributed by atoms with Crippen molar-refractivity contribution in [3.8, 4) is 5.75 Å². The minimum Gasteiger partial charge on any atom is -0.497 e. The van der Waals surface area contributed by atoms with Crippen LogP contribution in [-0.4, -0.2) is 69.8 Å². The summed E-state index contributed by atoms with van der Waals surface area (Å²) in [5.74, 6) is 0.764. The van der Waals surface area contributed by atoms with Crippen LogP contribution in [0.5, 0.6) is 5.75 Å². The molecule has 0 aliphatic carbocycles. The molecule has 0 spiro atoms.